The number of aromatic nitrogens is 5. The molecule has 3 heterocycles. The van der Waals surface area contributed by atoms with Gasteiger partial charge in [0.15, 0.2) is 0 Å². The van der Waals surface area contributed by atoms with Crippen molar-refractivity contribution in [2.24, 2.45) is 12.8 Å². The zero-order valence-electron chi connectivity index (χ0n) is 9.58. The van der Waals surface area contributed by atoms with E-state index < -0.39 is 0 Å². The Bertz CT molecular complexity index is 527. The van der Waals surface area contributed by atoms with Crippen LogP contribution in [0, 0.1) is 0 Å². The summed E-state index contributed by atoms with van der Waals surface area (Å²) in [5.41, 5.74) is 8.41. The first kappa shape index (κ1) is 10.4. The van der Waals surface area contributed by atoms with Crippen LogP contribution in [-0.2, 0) is 18.3 Å². The molecule has 1 aliphatic heterocycles. The van der Waals surface area contributed by atoms with Crippen LogP contribution in [0.3, 0.4) is 0 Å². The predicted molar refractivity (Wildman–Crippen MR) is 60.0 cm³/mol. The van der Waals surface area contributed by atoms with Crippen molar-refractivity contribution in [2.75, 3.05) is 13.2 Å². The normalized spacial score (nSPS) is 16.1. The van der Waals surface area contributed by atoms with Crippen LogP contribution in [0.25, 0.3) is 11.4 Å². The molecular weight excluding hydrogens is 220 g/mol. The molecule has 2 aromatic rings. The van der Waals surface area contributed by atoms with Gasteiger partial charge in [0.2, 0.25) is 0 Å². The number of hydrogen-bond acceptors (Lipinski definition) is 5. The molecule has 0 amide bonds. The molecule has 2 aromatic heterocycles. The molecule has 0 aliphatic carbocycles. The van der Waals surface area contributed by atoms with Gasteiger partial charge in [-0.1, -0.05) is 5.21 Å². The third kappa shape index (κ3) is 1.55. The van der Waals surface area contributed by atoms with E-state index in [4.69, 9.17) is 10.5 Å². The smallest absolute Gasteiger partial charge is 0.112 e. The molecule has 0 unspecified atom stereocenters. The number of ether oxygens (including phenoxy) is 1. The van der Waals surface area contributed by atoms with Gasteiger partial charge < -0.3 is 10.5 Å². The van der Waals surface area contributed by atoms with Crippen LogP contribution in [0.2, 0.25) is 0 Å². The standard InChI is InChI=1S/C10H14N6O/c1-15-9(2-3-12-15)10-8(4-11)13-14-16(10)7-5-17-6-7/h2-3,7H,4-6,11H2,1H3. The molecule has 0 aromatic carbocycles. The van der Waals surface area contributed by atoms with Crippen LogP contribution in [-0.4, -0.2) is 38.0 Å². The monoisotopic (exact) mass is 234 g/mol. The SMILES string of the molecule is Cn1nccc1-c1c(CN)nnn1C1COC1. The molecule has 3 rings (SSSR count). The van der Waals surface area contributed by atoms with E-state index in [1.165, 1.54) is 0 Å². The molecule has 1 saturated heterocycles. The fourth-order valence-electron chi connectivity index (χ4n) is 1.96. The van der Waals surface area contributed by atoms with Crippen LogP contribution >= 0.6 is 0 Å². The zero-order valence-corrected chi connectivity index (χ0v) is 9.58. The number of nitrogens with two attached hydrogens (primary N) is 1. The first-order valence-electron chi connectivity index (χ1n) is 5.51. The highest BCUT2D eigenvalue weighted by Crippen LogP contribution is 2.27. The van der Waals surface area contributed by atoms with Crippen LogP contribution < -0.4 is 5.73 Å². The first-order valence-corrected chi connectivity index (χ1v) is 5.51. The minimum absolute atomic E-state index is 0.257. The van der Waals surface area contributed by atoms with Gasteiger partial charge in [-0.15, -0.1) is 5.10 Å². The molecule has 17 heavy (non-hydrogen) atoms. The van der Waals surface area contributed by atoms with E-state index in [-0.39, 0.29) is 6.04 Å². The van der Waals surface area contributed by atoms with Crippen molar-refractivity contribution in [1.82, 2.24) is 24.8 Å². The van der Waals surface area contributed by atoms with E-state index in [0.29, 0.717) is 19.8 Å². The molecule has 0 spiro atoms. The van der Waals surface area contributed by atoms with Gasteiger partial charge in [-0.25, -0.2) is 4.68 Å². The van der Waals surface area contributed by atoms with Gasteiger partial charge in [0.1, 0.15) is 17.4 Å². The van der Waals surface area contributed by atoms with E-state index in [0.717, 1.165) is 17.1 Å². The lowest BCUT2D eigenvalue weighted by atomic mass is 10.2. The number of hydrogen-bond donors (Lipinski definition) is 1. The molecule has 0 bridgehead atoms. The minimum atomic E-state index is 0.257. The molecular formula is C10H14N6O. The second-order valence-corrected chi connectivity index (χ2v) is 4.06. The van der Waals surface area contributed by atoms with Crippen molar-refractivity contribution in [3.05, 3.63) is 18.0 Å². The third-order valence-electron chi connectivity index (χ3n) is 2.99. The van der Waals surface area contributed by atoms with Crippen molar-refractivity contribution in [1.29, 1.82) is 0 Å². The zero-order chi connectivity index (χ0) is 11.8. The Balaban J connectivity index is 2.12. The average molecular weight is 234 g/mol. The molecule has 1 fully saturated rings. The largest absolute Gasteiger partial charge is 0.377 e. The summed E-state index contributed by atoms with van der Waals surface area (Å²) in [6, 6.07) is 2.20. The van der Waals surface area contributed by atoms with Gasteiger partial charge in [-0.2, -0.15) is 5.10 Å². The first-order chi connectivity index (χ1) is 8.31. The summed E-state index contributed by atoms with van der Waals surface area (Å²) < 4.78 is 8.88. The summed E-state index contributed by atoms with van der Waals surface area (Å²) >= 11 is 0. The predicted octanol–water partition coefficient (Wildman–Crippen LogP) is -0.291. The Morgan fingerprint density at radius 2 is 2.35 bits per heavy atom. The Labute approximate surface area is 98.2 Å². The van der Waals surface area contributed by atoms with Gasteiger partial charge in [0.25, 0.3) is 0 Å². The Morgan fingerprint density at radius 1 is 1.53 bits per heavy atom. The molecule has 7 nitrogen and oxygen atoms in total. The maximum absolute atomic E-state index is 5.70. The molecule has 0 atom stereocenters. The fraction of sp³-hybridized carbons (Fsp3) is 0.500. The highest BCUT2D eigenvalue weighted by molar-refractivity contribution is 5.57. The van der Waals surface area contributed by atoms with Gasteiger partial charge >= 0.3 is 0 Å². The lowest BCUT2D eigenvalue weighted by Gasteiger charge is -2.27. The quantitative estimate of drug-likeness (QED) is 0.788. The van der Waals surface area contributed by atoms with Crippen LogP contribution in [0.15, 0.2) is 12.3 Å². The summed E-state index contributed by atoms with van der Waals surface area (Å²) in [5, 5.41) is 12.5. The molecule has 90 valence electrons. The van der Waals surface area contributed by atoms with Crippen molar-refractivity contribution in [3.8, 4) is 11.4 Å². The maximum atomic E-state index is 5.70. The van der Waals surface area contributed by atoms with E-state index in [1.807, 2.05) is 17.8 Å². The van der Waals surface area contributed by atoms with Gasteiger partial charge in [0.05, 0.1) is 18.9 Å². The van der Waals surface area contributed by atoms with Crippen molar-refractivity contribution < 1.29 is 4.74 Å². The number of aryl methyl sites for hydroxylation is 1. The summed E-state index contributed by atoms with van der Waals surface area (Å²) in [4.78, 5) is 0. The molecule has 0 saturated carbocycles. The lowest BCUT2D eigenvalue weighted by molar-refractivity contribution is -0.0286. The molecule has 1 aliphatic rings. The van der Waals surface area contributed by atoms with E-state index >= 15 is 0 Å². The number of nitrogens with zero attached hydrogens (tertiary/aromatic N) is 5. The summed E-state index contributed by atoms with van der Waals surface area (Å²) in [7, 11) is 1.89. The summed E-state index contributed by atoms with van der Waals surface area (Å²) in [5.74, 6) is 0. The fourth-order valence-corrected chi connectivity index (χ4v) is 1.96. The van der Waals surface area contributed by atoms with E-state index in [9.17, 15) is 0 Å². The van der Waals surface area contributed by atoms with Crippen molar-refractivity contribution in [3.63, 3.8) is 0 Å². The molecule has 7 heteroatoms. The maximum Gasteiger partial charge on any atom is 0.112 e. The lowest BCUT2D eigenvalue weighted by Crippen LogP contribution is -2.32. The summed E-state index contributed by atoms with van der Waals surface area (Å²) in [6.45, 7) is 1.73. The Kier molecular flexibility index (Phi) is 2.41. The number of rotatable bonds is 3. The van der Waals surface area contributed by atoms with Crippen molar-refractivity contribution in [2.45, 2.75) is 12.6 Å². The van der Waals surface area contributed by atoms with Gasteiger partial charge in [-0.05, 0) is 6.07 Å². The highest BCUT2D eigenvalue weighted by Gasteiger charge is 2.27. The summed E-state index contributed by atoms with van der Waals surface area (Å²) in [6.07, 6.45) is 1.75. The van der Waals surface area contributed by atoms with Gasteiger partial charge in [-0.3, -0.25) is 4.68 Å². The van der Waals surface area contributed by atoms with Crippen LogP contribution in [0.4, 0.5) is 0 Å². The van der Waals surface area contributed by atoms with E-state index in [1.54, 1.807) is 10.9 Å². The Hall–Kier alpha value is -1.73. The Morgan fingerprint density at radius 3 is 2.88 bits per heavy atom. The van der Waals surface area contributed by atoms with Crippen molar-refractivity contribution >= 4 is 0 Å². The average Bonchev–Trinajstić information content (AvgIpc) is 2.82. The van der Waals surface area contributed by atoms with Crippen LogP contribution in [0.1, 0.15) is 11.7 Å². The topological polar surface area (TPSA) is 83.8 Å². The van der Waals surface area contributed by atoms with Crippen LogP contribution in [0.5, 0.6) is 0 Å². The second-order valence-electron chi connectivity index (χ2n) is 4.06. The molecule has 0 radical (unpaired) electrons. The highest BCUT2D eigenvalue weighted by atomic mass is 16.5. The second kappa shape index (κ2) is 3.94. The minimum Gasteiger partial charge on any atom is -0.377 e. The van der Waals surface area contributed by atoms with Gasteiger partial charge in [0, 0.05) is 19.8 Å². The van der Waals surface area contributed by atoms with E-state index in [2.05, 4.69) is 15.4 Å². The molecule has 2 N–H and O–H groups in total. The third-order valence-corrected chi connectivity index (χ3v) is 2.99.